The maximum atomic E-state index is 13.2. The highest BCUT2D eigenvalue weighted by molar-refractivity contribution is 7.47. The van der Waals surface area contributed by atoms with Gasteiger partial charge in [-0.15, -0.1) is 0 Å². The fourth-order valence-electron chi connectivity index (χ4n) is 13.2. The summed E-state index contributed by atoms with van der Waals surface area (Å²) in [4.78, 5) is 73.2. The molecular formula is C88H168O17P2. The third-order valence-corrected chi connectivity index (χ3v) is 22.3. The topological polar surface area (TPSA) is 237 Å². The number of phosphoric acid groups is 2. The summed E-state index contributed by atoms with van der Waals surface area (Å²) in [5.41, 5.74) is 0. The largest absolute Gasteiger partial charge is 0.472 e. The van der Waals surface area contributed by atoms with E-state index in [4.69, 9.17) is 37.0 Å². The molecule has 0 amide bonds. The molecule has 0 saturated heterocycles. The number of esters is 4. The zero-order valence-electron chi connectivity index (χ0n) is 69.9. The average Bonchev–Trinajstić information content (AvgIpc) is 0.903. The number of carbonyl (C=O) groups excluding carboxylic acids is 4. The van der Waals surface area contributed by atoms with Gasteiger partial charge in [0.15, 0.2) is 12.2 Å². The number of rotatable bonds is 85. The lowest BCUT2D eigenvalue weighted by atomic mass is 9.99. The predicted molar refractivity (Wildman–Crippen MR) is 441 cm³/mol. The summed E-state index contributed by atoms with van der Waals surface area (Å²) in [6.07, 6.45) is 74.5. The molecule has 0 aliphatic heterocycles. The van der Waals surface area contributed by atoms with Gasteiger partial charge in [0.05, 0.1) is 26.4 Å². The van der Waals surface area contributed by atoms with Crippen LogP contribution in [0.1, 0.15) is 446 Å². The minimum absolute atomic E-state index is 0.0853. The first-order valence-electron chi connectivity index (χ1n) is 44.8. The summed E-state index contributed by atoms with van der Waals surface area (Å²) in [7, 11) is -9.94. The van der Waals surface area contributed by atoms with Crippen molar-refractivity contribution in [1.82, 2.24) is 0 Å². The second-order valence-electron chi connectivity index (χ2n) is 31.7. The van der Waals surface area contributed by atoms with Crippen molar-refractivity contribution < 1.29 is 80.2 Å². The van der Waals surface area contributed by atoms with E-state index in [0.29, 0.717) is 25.7 Å². The van der Waals surface area contributed by atoms with Crippen molar-refractivity contribution in [2.75, 3.05) is 39.6 Å². The number of ether oxygens (including phenoxy) is 4. The first-order chi connectivity index (χ1) is 51.9. The Morgan fingerprint density at radius 2 is 0.551 bits per heavy atom. The smallest absolute Gasteiger partial charge is 0.462 e. The van der Waals surface area contributed by atoms with Crippen LogP contribution in [0.5, 0.6) is 0 Å². The van der Waals surface area contributed by atoms with E-state index < -0.39 is 97.5 Å². The van der Waals surface area contributed by atoms with Crippen LogP contribution in [0.4, 0.5) is 0 Å². The molecule has 3 unspecified atom stereocenters. The fourth-order valence-corrected chi connectivity index (χ4v) is 14.8. The number of hydrogen-bond acceptors (Lipinski definition) is 15. The average molecular weight is 1560 g/mol. The first-order valence-corrected chi connectivity index (χ1v) is 47.8. The molecule has 17 nitrogen and oxygen atoms in total. The standard InChI is InChI=1S/C88H168O17P2/c1-7-10-12-14-16-18-19-20-29-37-42-48-54-60-66-72-87(92)104-83(76-98-85(90)70-64-58-52-44-17-15-13-11-8-2)78-102-106(94,95)100-74-82(89)75-101-107(96,97)103-79-84(77-99-86(91)71-65-59-53-47-41-36-32-27-23-21-25-30-34-39-45-50-56-62-68-80(4)5)105-88(93)73-67-61-55-49-43-38-33-28-24-22-26-31-35-40-46-51-57-63-69-81(6)9-3/h18-20,29,80-84,89H,7-17,21-28,30-79H2,1-6H3,(H,94,95)(H,96,97)/b19-18-,29-20-/t81?,82-,83+,84+/m0/s1. The number of phosphoric ester groups is 2. The van der Waals surface area contributed by atoms with E-state index in [1.54, 1.807) is 0 Å². The zero-order valence-corrected chi connectivity index (χ0v) is 71.7. The lowest BCUT2D eigenvalue weighted by molar-refractivity contribution is -0.161. The summed E-state index contributed by atoms with van der Waals surface area (Å²) >= 11 is 0. The van der Waals surface area contributed by atoms with E-state index in [1.165, 1.54) is 250 Å². The van der Waals surface area contributed by atoms with E-state index in [-0.39, 0.29) is 25.7 Å². The summed E-state index contributed by atoms with van der Waals surface area (Å²) in [5.74, 6) is -0.441. The number of aliphatic hydroxyl groups is 1. The Labute approximate surface area is 656 Å². The number of aliphatic hydroxyl groups excluding tert-OH is 1. The molecule has 0 aromatic heterocycles. The van der Waals surface area contributed by atoms with Crippen LogP contribution in [0.15, 0.2) is 24.3 Å². The van der Waals surface area contributed by atoms with Gasteiger partial charge < -0.3 is 33.8 Å². The Bertz CT molecular complexity index is 2140. The summed E-state index contributed by atoms with van der Waals surface area (Å²) in [6, 6.07) is 0. The fraction of sp³-hybridized carbons (Fsp3) is 0.909. The number of unbranched alkanes of at least 4 members (excludes halogenated alkanes) is 51. The van der Waals surface area contributed by atoms with Crippen molar-refractivity contribution in [2.24, 2.45) is 11.8 Å². The Morgan fingerprint density at radius 1 is 0.308 bits per heavy atom. The number of carbonyl (C=O) groups is 4. The third-order valence-electron chi connectivity index (χ3n) is 20.4. The second kappa shape index (κ2) is 78.8. The van der Waals surface area contributed by atoms with Crippen molar-refractivity contribution in [1.29, 1.82) is 0 Å². The molecule has 0 bridgehead atoms. The van der Waals surface area contributed by atoms with Gasteiger partial charge in [0.25, 0.3) is 0 Å². The molecule has 107 heavy (non-hydrogen) atoms. The molecular weight excluding hydrogens is 1390 g/mol. The van der Waals surface area contributed by atoms with Crippen LogP contribution in [0.2, 0.25) is 0 Å². The summed E-state index contributed by atoms with van der Waals surface area (Å²) in [5, 5.41) is 10.7. The Kier molecular flexibility index (Phi) is 77.0. The van der Waals surface area contributed by atoms with Gasteiger partial charge in [0.2, 0.25) is 0 Å². The lowest BCUT2D eigenvalue weighted by Gasteiger charge is -2.21. The Morgan fingerprint density at radius 3 is 0.841 bits per heavy atom. The molecule has 0 heterocycles. The second-order valence-corrected chi connectivity index (χ2v) is 34.6. The van der Waals surface area contributed by atoms with E-state index in [1.807, 2.05) is 0 Å². The van der Waals surface area contributed by atoms with Crippen LogP contribution >= 0.6 is 15.6 Å². The maximum Gasteiger partial charge on any atom is 0.472 e. The van der Waals surface area contributed by atoms with Crippen LogP contribution in [0.25, 0.3) is 0 Å². The summed E-state index contributed by atoms with van der Waals surface area (Å²) < 4.78 is 68.8. The van der Waals surface area contributed by atoms with E-state index in [2.05, 4.69) is 65.8 Å². The molecule has 0 rings (SSSR count). The van der Waals surface area contributed by atoms with Crippen molar-refractivity contribution in [3.63, 3.8) is 0 Å². The van der Waals surface area contributed by atoms with Gasteiger partial charge >= 0.3 is 39.5 Å². The third kappa shape index (κ3) is 80.0. The van der Waals surface area contributed by atoms with Gasteiger partial charge in [-0.2, -0.15) is 0 Å². The van der Waals surface area contributed by atoms with Gasteiger partial charge in [-0.3, -0.25) is 37.3 Å². The zero-order chi connectivity index (χ0) is 78.5. The molecule has 0 aliphatic carbocycles. The van der Waals surface area contributed by atoms with Crippen LogP contribution in [-0.2, 0) is 65.4 Å². The van der Waals surface area contributed by atoms with Crippen LogP contribution in [0.3, 0.4) is 0 Å². The molecule has 0 aliphatic rings. The SMILES string of the molecule is CCCCCC/C=C\C=C/CCCCCCCC(=O)O[C@H](COC(=O)CCCCCCCCCCC)COP(=O)(O)OC[C@H](O)COP(=O)(O)OC[C@@H](COC(=O)CCCCCCCCCCCCCCCCCCCCC(C)C)OC(=O)CCCCCCCCCCCCCCCCCCCCC(C)CC. The molecule has 0 aromatic rings. The van der Waals surface area contributed by atoms with Gasteiger partial charge in [0.1, 0.15) is 19.3 Å². The van der Waals surface area contributed by atoms with Crippen molar-refractivity contribution >= 4 is 39.5 Å². The molecule has 0 aromatic carbocycles. The number of allylic oxidation sites excluding steroid dienone is 4. The minimum Gasteiger partial charge on any atom is -0.462 e. The highest BCUT2D eigenvalue weighted by Crippen LogP contribution is 2.45. The molecule has 632 valence electrons. The van der Waals surface area contributed by atoms with Crippen LogP contribution < -0.4 is 0 Å². The lowest BCUT2D eigenvalue weighted by Crippen LogP contribution is -2.30. The highest BCUT2D eigenvalue weighted by atomic mass is 31.2. The van der Waals surface area contributed by atoms with E-state index in [0.717, 1.165) is 115 Å². The Balaban J connectivity index is 5.22. The normalized spacial score (nSPS) is 14.2. The molecule has 0 spiro atoms. The van der Waals surface area contributed by atoms with E-state index in [9.17, 15) is 43.2 Å². The molecule has 19 heteroatoms. The van der Waals surface area contributed by atoms with Crippen molar-refractivity contribution in [3.05, 3.63) is 24.3 Å². The quantitative estimate of drug-likeness (QED) is 0.0169. The van der Waals surface area contributed by atoms with Gasteiger partial charge in [-0.1, -0.05) is 393 Å². The maximum absolute atomic E-state index is 13.2. The number of hydrogen-bond donors (Lipinski definition) is 3. The van der Waals surface area contributed by atoms with Crippen LogP contribution in [-0.4, -0.2) is 96.7 Å². The highest BCUT2D eigenvalue weighted by Gasteiger charge is 2.30. The summed E-state index contributed by atoms with van der Waals surface area (Å²) in [6.45, 7) is 9.70. The molecule has 0 radical (unpaired) electrons. The minimum atomic E-state index is -4.97. The first kappa shape index (κ1) is 105. The molecule has 0 fully saturated rings. The van der Waals surface area contributed by atoms with Crippen molar-refractivity contribution in [2.45, 2.75) is 464 Å². The Hall–Kier alpha value is -2.46. The predicted octanol–water partition coefficient (Wildman–Crippen LogP) is 26.6. The van der Waals surface area contributed by atoms with Crippen LogP contribution in [0, 0.1) is 11.8 Å². The van der Waals surface area contributed by atoms with Gasteiger partial charge in [-0.05, 0) is 63.2 Å². The van der Waals surface area contributed by atoms with Gasteiger partial charge in [-0.25, -0.2) is 9.13 Å². The van der Waals surface area contributed by atoms with E-state index >= 15 is 0 Å². The monoisotopic (exact) mass is 1560 g/mol. The van der Waals surface area contributed by atoms with Crippen molar-refractivity contribution in [3.8, 4) is 0 Å². The van der Waals surface area contributed by atoms with Gasteiger partial charge in [0, 0.05) is 25.7 Å². The molecule has 6 atom stereocenters. The molecule has 3 N–H and O–H groups in total. The molecule has 0 saturated carbocycles.